The van der Waals surface area contributed by atoms with Crippen LogP contribution in [0.15, 0.2) is 65.7 Å². The summed E-state index contributed by atoms with van der Waals surface area (Å²) < 4.78 is 0. The Bertz CT molecular complexity index is 629. The number of nitrogens with one attached hydrogen (secondary N) is 1. The minimum atomic E-state index is 0.295. The molecule has 118 valence electrons. The number of rotatable bonds is 3. The molecule has 0 radical (unpaired) electrons. The van der Waals surface area contributed by atoms with E-state index >= 15 is 0 Å². The predicted molar refractivity (Wildman–Crippen MR) is 98.9 cm³/mol. The molecule has 1 heterocycles. The average molecular weight is 322 g/mol. The van der Waals surface area contributed by atoms with Gasteiger partial charge in [0, 0.05) is 0 Å². The van der Waals surface area contributed by atoms with Crippen LogP contribution in [0, 0.1) is 0 Å². The van der Waals surface area contributed by atoms with E-state index in [4.69, 9.17) is 4.99 Å². The molecule has 2 nitrogen and oxygen atoms in total. The number of fused-ring (bicyclic) bond motifs is 1. The Morgan fingerprint density at radius 3 is 2.09 bits per heavy atom. The van der Waals surface area contributed by atoms with E-state index in [9.17, 15) is 0 Å². The van der Waals surface area contributed by atoms with Crippen molar-refractivity contribution in [2.24, 2.45) is 4.99 Å². The van der Waals surface area contributed by atoms with Gasteiger partial charge in [-0.1, -0.05) is 85.3 Å². The molecule has 0 amide bonds. The van der Waals surface area contributed by atoms with Crippen LogP contribution in [0.5, 0.6) is 0 Å². The lowest BCUT2D eigenvalue weighted by Gasteiger charge is -2.23. The van der Waals surface area contributed by atoms with Gasteiger partial charge in [0.15, 0.2) is 5.17 Å². The molecule has 1 saturated carbocycles. The number of thioether (sulfide) groups is 1. The molecular formula is C20H22N2S. The van der Waals surface area contributed by atoms with E-state index in [-0.39, 0.29) is 0 Å². The van der Waals surface area contributed by atoms with Crippen LogP contribution in [-0.4, -0.2) is 17.3 Å². The molecule has 23 heavy (non-hydrogen) atoms. The first-order valence-corrected chi connectivity index (χ1v) is 9.39. The van der Waals surface area contributed by atoms with Gasteiger partial charge in [-0.3, -0.25) is 4.99 Å². The maximum atomic E-state index is 4.97. The summed E-state index contributed by atoms with van der Waals surface area (Å²) in [4.78, 5) is 4.97. The van der Waals surface area contributed by atoms with Crippen LogP contribution in [0.4, 0.5) is 0 Å². The first-order chi connectivity index (χ1) is 11.4. The molecule has 0 bridgehead atoms. The third-order valence-electron chi connectivity index (χ3n) is 4.76. The van der Waals surface area contributed by atoms with Gasteiger partial charge in [0.05, 0.1) is 17.3 Å². The van der Waals surface area contributed by atoms with Crippen LogP contribution < -0.4 is 5.32 Å². The molecule has 1 aliphatic carbocycles. The Balaban J connectivity index is 1.59. The van der Waals surface area contributed by atoms with Gasteiger partial charge in [0.1, 0.15) is 0 Å². The Morgan fingerprint density at radius 2 is 1.48 bits per heavy atom. The Morgan fingerprint density at radius 1 is 0.870 bits per heavy atom. The maximum absolute atomic E-state index is 4.97. The van der Waals surface area contributed by atoms with Gasteiger partial charge >= 0.3 is 0 Å². The van der Waals surface area contributed by atoms with Crippen molar-refractivity contribution < 1.29 is 0 Å². The van der Waals surface area contributed by atoms with E-state index in [1.165, 1.54) is 36.8 Å². The van der Waals surface area contributed by atoms with Gasteiger partial charge in [0.2, 0.25) is 0 Å². The summed E-state index contributed by atoms with van der Waals surface area (Å²) in [6.45, 7) is 0. The van der Waals surface area contributed by atoms with Crippen molar-refractivity contribution in [1.29, 1.82) is 0 Å². The van der Waals surface area contributed by atoms with Crippen LogP contribution in [0.3, 0.4) is 0 Å². The van der Waals surface area contributed by atoms with Crippen molar-refractivity contribution in [3.63, 3.8) is 0 Å². The van der Waals surface area contributed by atoms with Gasteiger partial charge in [-0.25, -0.2) is 0 Å². The van der Waals surface area contributed by atoms with Crippen molar-refractivity contribution in [2.75, 3.05) is 0 Å². The van der Waals surface area contributed by atoms with Gasteiger partial charge in [-0.2, -0.15) is 0 Å². The van der Waals surface area contributed by atoms with Crippen molar-refractivity contribution in [3.8, 4) is 0 Å². The second kappa shape index (κ2) is 6.79. The van der Waals surface area contributed by atoms with E-state index in [2.05, 4.69) is 66.0 Å². The molecule has 2 unspecified atom stereocenters. The lowest BCUT2D eigenvalue weighted by Crippen LogP contribution is -2.36. The lowest BCUT2D eigenvalue weighted by molar-refractivity contribution is 0.385. The molecule has 1 fully saturated rings. The maximum Gasteiger partial charge on any atom is 0.158 e. The molecule has 2 aromatic carbocycles. The summed E-state index contributed by atoms with van der Waals surface area (Å²) in [5.74, 6) is 0. The van der Waals surface area contributed by atoms with Crippen LogP contribution in [0.2, 0.25) is 0 Å². The number of amidine groups is 1. The summed E-state index contributed by atoms with van der Waals surface area (Å²) >= 11 is 1.86. The molecule has 0 aromatic heterocycles. The zero-order valence-corrected chi connectivity index (χ0v) is 14.0. The van der Waals surface area contributed by atoms with Crippen LogP contribution >= 0.6 is 11.8 Å². The summed E-state index contributed by atoms with van der Waals surface area (Å²) in [7, 11) is 0. The molecule has 1 aliphatic heterocycles. The van der Waals surface area contributed by atoms with Gasteiger partial charge in [-0.05, 0) is 24.0 Å². The first-order valence-electron chi connectivity index (χ1n) is 8.51. The van der Waals surface area contributed by atoms with E-state index in [0.29, 0.717) is 17.3 Å². The number of aliphatic imine (C=N–C) groups is 1. The largest absolute Gasteiger partial charge is 0.360 e. The number of benzene rings is 2. The summed E-state index contributed by atoms with van der Waals surface area (Å²) in [6, 6.07) is 22.6. The predicted octanol–water partition coefficient (Wildman–Crippen LogP) is 4.78. The molecule has 1 N–H and O–H groups in total. The van der Waals surface area contributed by atoms with Crippen molar-refractivity contribution in [2.45, 2.75) is 43.0 Å². The number of hydrogen-bond donors (Lipinski definition) is 1. The quantitative estimate of drug-likeness (QED) is 0.879. The fraction of sp³-hybridized carbons (Fsp3) is 0.350. The molecule has 3 heteroatoms. The van der Waals surface area contributed by atoms with Crippen molar-refractivity contribution in [3.05, 3.63) is 71.8 Å². The van der Waals surface area contributed by atoms with Crippen molar-refractivity contribution >= 4 is 16.9 Å². The van der Waals surface area contributed by atoms with Gasteiger partial charge < -0.3 is 5.32 Å². The van der Waals surface area contributed by atoms with E-state index < -0.39 is 0 Å². The highest BCUT2D eigenvalue weighted by molar-refractivity contribution is 8.14. The average Bonchev–Trinajstić information content (AvgIpc) is 3.04. The zero-order chi connectivity index (χ0) is 15.5. The Hall–Kier alpha value is -1.74. The second-order valence-electron chi connectivity index (χ2n) is 6.36. The normalized spacial score (nSPS) is 23.3. The minimum Gasteiger partial charge on any atom is -0.360 e. The summed E-state index contributed by atoms with van der Waals surface area (Å²) in [6.07, 6.45) is 5.16. The van der Waals surface area contributed by atoms with E-state index in [1.54, 1.807) is 0 Å². The lowest BCUT2D eigenvalue weighted by atomic mass is 9.92. The number of nitrogens with zero attached hydrogens (tertiary/aromatic N) is 1. The molecule has 0 spiro atoms. The fourth-order valence-corrected chi connectivity index (χ4v) is 4.77. The smallest absolute Gasteiger partial charge is 0.158 e. The highest BCUT2D eigenvalue weighted by Gasteiger charge is 2.32. The molecule has 2 aromatic rings. The highest BCUT2D eigenvalue weighted by atomic mass is 32.2. The highest BCUT2D eigenvalue weighted by Crippen LogP contribution is 2.38. The van der Waals surface area contributed by atoms with Crippen LogP contribution in [-0.2, 0) is 0 Å². The molecule has 4 rings (SSSR count). The zero-order valence-electron chi connectivity index (χ0n) is 13.2. The molecule has 0 saturated heterocycles. The summed E-state index contributed by atoms with van der Waals surface area (Å²) in [5, 5.41) is 5.10. The fourth-order valence-electron chi connectivity index (χ4n) is 3.54. The number of hydrogen-bond acceptors (Lipinski definition) is 3. The van der Waals surface area contributed by atoms with Gasteiger partial charge in [-0.15, -0.1) is 0 Å². The van der Waals surface area contributed by atoms with Crippen molar-refractivity contribution in [1.82, 2.24) is 5.32 Å². The van der Waals surface area contributed by atoms with E-state index in [1.807, 2.05) is 11.8 Å². The molecular weight excluding hydrogens is 300 g/mol. The molecule has 2 aliphatic rings. The monoisotopic (exact) mass is 322 g/mol. The second-order valence-corrected chi connectivity index (χ2v) is 7.45. The molecule has 2 atom stereocenters. The topological polar surface area (TPSA) is 24.4 Å². The third-order valence-corrected chi connectivity index (χ3v) is 5.98. The van der Waals surface area contributed by atoms with Gasteiger partial charge in [0.25, 0.3) is 0 Å². The third kappa shape index (κ3) is 3.30. The van der Waals surface area contributed by atoms with Crippen LogP contribution in [0.1, 0.15) is 42.1 Å². The standard InChI is InChI=1S/C20H22N2S/c1-3-9-15(10-4-1)19(16-11-5-2-6-12-16)23-20-21-17-13-7-8-14-18(17)22-20/h1-6,9-12,17-19H,7-8,13-14H2,(H,21,22). The van der Waals surface area contributed by atoms with E-state index in [0.717, 1.165) is 5.17 Å². The summed E-state index contributed by atoms with van der Waals surface area (Å²) in [5.41, 5.74) is 2.67. The van der Waals surface area contributed by atoms with Crippen LogP contribution in [0.25, 0.3) is 0 Å². The first kappa shape index (κ1) is 14.8. The SMILES string of the molecule is c1ccc(C(SC2=NC3CCCCC3N2)c2ccccc2)cc1. The Kier molecular flexibility index (Phi) is 4.38. The Labute approximate surface area is 142 Å². The minimum absolute atomic E-state index is 0.295.